The first kappa shape index (κ1) is 14.9. The molecule has 0 amide bonds. The number of carboxylic acid groups (broad SMARTS) is 1. The van der Waals surface area contributed by atoms with Crippen molar-refractivity contribution in [2.75, 3.05) is 6.61 Å². The molecule has 0 aliphatic carbocycles. The summed E-state index contributed by atoms with van der Waals surface area (Å²) in [5.41, 5.74) is 0. The number of unbranched alkanes of at least 4 members (excludes halogenated alkanes) is 3. The molecule has 5 heteroatoms. The molecule has 0 aliphatic rings. The molecule has 94 valence electrons. The smallest absolute Gasteiger partial charge is 0.342 e. The maximum Gasteiger partial charge on any atom is 0.342 e. The minimum atomic E-state index is -0.843. The molecular weight excluding hydrogens is 212 g/mol. The molecule has 1 N–H and O–H groups in total. The van der Waals surface area contributed by atoms with E-state index in [-0.39, 0.29) is 12.8 Å². The van der Waals surface area contributed by atoms with E-state index in [0.29, 0.717) is 19.4 Å². The summed E-state index contributed by atoms with van der Waals surface area (Å²) >= 11 is 0. The summed E-state index contributed by atoms with van der Waals surface area (Å²) in [4.78, 5) is 30.4. The Morgan fingerprint density at radius 2 is 1.75 bits per heavy atom. The summed E-state index contributed by atoms with van der Waals surface area (Å²) in [6, 6.07) is 0. The van der Waals surface area contributed by atoms with Gasteiger partial charge in [-0.05, 0) is 19.3 Å². The zero-order valence-electron chi connectivity index (χ0n) is 9.74. The van der Waals surface area contributed by atoms with Gasteiger partial charge >= 0.3 is 11.9 Å². The predicted octanol–water partition coefficient (Wildman–Crippen LogP) is 2.30. The highest BCUT2D eigenvalue weighted by atomic mass is 17.2. The summed E-state index contributed by atoms with van der Waals surface area (Å²) in [7, 11) is 0. The highest BCUT2D eigenvalue weighted by Crippen LogP contribution is 2.02. The molecule has 0 aromatic carbocycles. The van der Waals surface area contributed by atoms with Gasteiger partial charge in [-0.1, -0.05) is 19.8 Å². The molecule has 0 atom stereocenters. The van der Waals surface area contributed by atoms with Crippen molar-refractivity contribution in [2.45, 2.75) is 51.9 Å². The number of carboxylic acids is 1. The van der Waals surface area contributed by atoms with E-state index in [9.17, 15) is 9.59 Å². The second-order valence-electron chi connectivity index (χ2n) is 3.59. The molecular formula is C11H20O5. The van der Waals surface area contributed by atoms with Crippen LogP contribution in [0.5, 0.6) is 0 Å². The summed E-state index contributed by atoms with van der Waals surface area (Å²) in [5.74, 6) is -1.27. The lowest BCUT2D eigenvalue weighted by molar-refractivity contribution is -0.272. The molecule has 0 aromatic heterocycles. The van der Waals surface area contributed by atoms with Crippen molar-refractivity contribution in [2.24, 2.45) is 0 Å². The van der Waals surface area contributed by atoms with Gasteiger partial charge in [0.25, 0.3) is 0 Å². The van der Waals surface area contributed by atoms with E-state index in [4.69, 9.17) is 9.99 Å². The monoisotopic (exact) mass is 232 g/mol. The largest absolute Gasteiger partial charge is 0.481 e. The topological polar surface area (TPSA) is 72.8 Å². The van der Waals surface area contributed by atoms with Crippen LogP contribution in [-0.2, 0) is 19.4 Å². The van der Waals surface area contributed by atoms with Crippen molar-refractivity contribution in [3.05, 3.63) is 0 Å². The Balaban J connectivity index is 3.21. The highest BCUT2D eigenvalue weighted by molar-refractivity contribution is 5.69. The summed E-state index contributed by atoms with van der Waals surface area (Å²) < 4.78 is 0. The quantitative estimate of drug-likeness (QED) is 0.355. The molecule has 0 radical (unpaired) electrons. The van der Waals surface area contributed by atoms with E-state index < -0.39 is 11.9 Å². The van der Waals surface area contributed by atoms with Gasteiger partial charge in [0, 0.05) is 12.8 Å². The number of carbonyl (C=O) groups is 2. The molecule has 0 aromatic rings. The third-order valence-electron chi connectivity index (χ3n) is 2.00. The van der Waals surface area contributed by atoms with Crippen molar-refractivity contribution >= 4 is 11.9 Å². The lowest BCUT2D eigenvalue weighted by Crippen LogP contribution is -2.06. The second-order valence-corrected chi connectivity index (χ2v) is 3.59. The molecule has 0 fully saturated rings. The average Bonchev–Trinajstić information content (AvgIpc) is 2.24. The first-order chi connectivity index (χ1) is 7.66. The first-order valence-electron chi connectivity index (χ1n) is 5.71. The molecule has 0 aliphatic heterocycles. The molecule has 5 nitrogen and oxygen atoms in total. The Kier molecular flexibility index (Phi) is 9.70. The standard InChI is InChI=1S/C11H20O5/c1-2-3-6-9-15-16-11(14)8-5-4-7-10(12)13/h2-9H2,1H3,(H,12,13). The van der Waals surface area contributed by atoms with Gasteiger partial charge in [0.2, 0.25) is 0 Å². The van der Waals surface area contributed by atoms with Crippen LogP contribution in [0.4, 0.5) is 0 Å². The summed E-state index contributed by atoms with van der Waals surface area (Å²) in [6.45, 7) is 2.50. The van der Waals surface area contributed by atoms with Crippen LogP contribution in [0.2, 0.25) is 0 Å². The lowest BCUT2D eigenvalue weighted by atomic mass is 10.2. The van der Waals surface area contributed by atoms with Crippen LogP contribution in [0.15, 0.2) is 0 Å². The second kappa shape index (κ2) is 10.4. The van der Waals surface area contributed by atoms with Crippen LogP contribution in [0.3, 0.4) is 0 Å². The molecule has 0 saturated heterocycles. The average molecular weight is 232 g/mol. The summed E-state index contributed by atoms with van der Waals surface area (Å²) in [5, 5.41) is 8.36. The number of hydrogen-bond donors (Lipinski definition) is 1. The molecule has 16 heavy (non-hydrogen) atoms. The van der Waals surface area contributed by atoms with Crippen molar-refractivity contribution in [3.8, 4) is 0 Å². The van der Waals surface area contributed by atoms with Crippen LogP contribution >= 0.6 is 0 Å². The van der Waals surface area contributed by atoms with Crippen LogP contribution < -0.4 is 0 Å². The van der Waals surface area contributed by atoms with Gasteiger partial charge in [-0.25, -0.2) is 4.79 Å². The van der Waals surface area contributed by atoms with Crippen LogP contribution in [0.25, 0.3) is 0 Å². The Hall–Kier alpha value is -1.10. The van der Waals surface area contributed by atoms with Crippen molar-refractivity contribution < 1.29 is 24.5 Å². The van der Waals surface area contributed by atoms with E-state index in [1.54, 1.807) is 0 Å². The molecule has 0 spiro atoms. The number of carbonyl (C=O) groups excluding carboxylic acids is 1. The van der Waals surface area contributed by atoms with Crippen molar-refractivity contribution in [1.29, 1.82) is 0 Å². The van der Waals surface area contributed by atoms with Crippen molar-refractivity contribution in [3.63, 3.8) is 0 Å². The minimum absolute atomic E-state index is 0.0879. The van der Waals surface area contributed by atoms with Crippen LogP contribution in [0.1, 0.15) is 51.9 Å². The molecule has 0 bridgehead atoms. The van der Waals surface area contributed by atoms with Gasteiger partial charge in [-0.15, -0.1) is 0 Å². The van der Waals surface area contributed by atoms with Crippen molar-refractivity contribution in [1.82, 2.24) is 0 Å². The van der Waals surface area contributed by atoms with E-state index in [1.165, 1.54) is 0 Å². The summed E-state index contributed by atoms with van der Waals surface area (Å²) in [6.07, 6.45) is 4.32. The van der Waals surface area contributed by atoms with Crippen LogP contribution in [-0.4, -0.2) is 23.7 Å². The Morgan fingerprint density at radius 3 is 2.38 bits per heavy atom. The Morgan fingerprint density at radius 1 is 1.06 bits per heavy atom. The van der Waals surface area contributed by atoms with E-state index in [2.05, 4.69) is 11.8 Å². The maximum absolute atomic E-state index is 11.0. The van der Waals surface area contributed by atoms with E-state index >= 15 is 0 Å². The zero-order valence-corrected chi connectivity index (χ0v) is 9.74. The predicted molar refractivity (Wildman–Crippen MR) is 57.7 cm³/mol. The van der Waals surface area contributed by atoms with Gasteiger partial charge in [0.15, 0.2) is 0 Å². The molecule has 0 rings (SSSR count). The van der Waals surface area contributed by atoms with E-state index in [1.807, 2.05) is 0 Å². The Labute approximate surface area is 95.7 Å². The number of rotatable bonds is 10. The molecule has 0 heterocycles. The van der Waals surface area contributed by atoms with Gasteiger partial charge in [-0.2, -0.15) is 4.89 Å². The fraction of sp³-hybridized carbons (Fsp3) is 0.818. The SMILES string of the molecule is CCCCCOOC(=O)CCCCC(=O)O. The van der Waals surface area contributed by atoms with E-state index in [0.717, 1.165) is 19.3 Å². The normalized spacial score (nSPS) is 10.1. The first-order valence-corrected chi connectivity index (χ1v) is 5.71. The highest BCUT2D eigenvalue weighted by Gasteiger charge is 2.04. The van der Waals surface area contributed by atoms with Crippen LogP contribution in [0, 0.1) is 0 Å². The third kappa shape index (κ3) is 11.0. The van der Waals surface area contributed by atoms with Gasteiger partial charge < -0.3 is 5.11 Å². The maximum atomic E-state index is 11.0. The molecule has 0 saturated carbocycles. The number of aliphatic carboxylic acids is 1. The number of hydrogen-bond acceptors (Lipinski definition) is 4. The third-order valence-corrected chi connectivity index (χ3v) is 2.00. The van der Waals surface area contributed by atoms with Gasteiger partial charge in [-0.3, -0.25) is 9.68 Å². The minimum Gasteiger partial charge on any atom is -0.481 e. The Bertz CT molecular complexity index is 203. The van der Waals surface area contributed by atoms with Gasteiger partial charge in [0.05, 0.1) is 6.61 Å². The zero-order chi connectivity index (χ0) is 12.2. The molecule has 0 unspecified atom stereocenters. The fourth-order valence-electron chi connectivity index (χ4n) is 1.11. The lowest BCUT2D eigenvalue weighted by Gasteiger charge is -2.02. The van der Waals surface area contributed by atoms with Gasteiger partial charge in [0.1, 0.15) is 0 Å². The fourth-order valence-corrected chi connectivity index (χ4v) is 1.11.